The molecule has 0 atom stereocenters. The molecule has 1 saturated carbocycles. The van der Waals surface area contributed by atoms with E-state index in [1.165, 1.54) is 19.3 Å². The van der Waals surface area contributed by atoms with Crippen molar-refractivity contribution in [3.05, 3.63) is 47.5 Å². The molecule has 2 heteroatoms. The van der Waals surface area contributed by atoms with Gasteiger partial charge in [-0.3, -0.25) is 0 Å². The molecular formula is C15H19NO. The smallest absolute Gasteiger partial charge is 0.231 e. The van der Waals surface area contributed by atoms with Crippen LogP contribution in [0, 0.1) is 0 Å². The number of nitrogens with one attached hydrogen (secondary N) is 1. The zero-order valence-electron chi connectivity index (χ0n) is 10.0. The van der Waals surface area contributed by atoms with Crippen molar-refractivity contribution in [3.8, 4) is 0 Å². The summed E-state index contributed by atoms with van der Waals surface area (Å²) >= 11 is 0. The molecule has 0 unspecified atom stereocenters. The second kappa shape index (κ2) is 6.17. The maximum atomic E-state index is 9.73. The molecule has 0 saturated heterocycles. The predicted octanol–water partition coefficient (Wildman–Crippen LogP) is 3.62. The zero-order chi connectivity index (χ0) is 11.9. The van der Waals surface area contributed by atoms with E-state index < -0.39 is 0 Å². The molecule has 17 heavy (non-hydrogen) atoms. The van der Waals surface area contributed by atoms with Crippen molar-refractivity contribution in [2.75, 3.05) is 0 Å². The van der Waals surface area contributed by atoms with Crippen molar-refractivity contribution in [2.24, 2.45) is 0 Å². The molecule has 0 amide bonds. The quantitative estimate of drug-likeness (QED) is 0.613. The molecule has 0 aliphatic heterocycles. The zero-order valence-corrected chi connectivity index (χ0v) is 10.0. The van der Waals surface area contributed by atoms with Crippen molar-refractivity contribution in [1.82, 2.24) is 5.32 Å². The van der Waals surface area contributed by atoms with Gasteiger partial charge in [-0.2, -0.15) is 0 Å². The van der Waals surface area contributed by atoms with Crippen LogP contribution in [0.1, 0.15) is 37.7 Å². The molecule has 1 aromatic rings. The van der Waals surface area contributed by atoms with Gasteiger partial charge in [0.2, 0.25) is 5.88 Å². The SMILES string of the molecule is OC(=C=Cc1ccccc1)NC1CCCCC1. The molecular weight excluding hydrogens is 210 g/mol. The monoisotopic (exact) mass is 229 g/mol. The molecule has 0 aromatic heterocycles. The van der Waals surface area contributed by atoms with Gasteiger partial charge in [0.15, 0.2) is 0 Å². The molecule has 0 bridgehead atoms. The van der Waals surface area contributed by atoms with E-state index in [-0.39, 0.29) is 5.88 Å². The van der Waals surface area contributed by atoms with E-state index in [2.05, 4.69) is 11.0 Å². The molecule has 1 aromatic carbocycles. The topological polar surface area (TPSA) is 32.3 Å². The van der Waals surface area contributed by atoms with Crippen molar-refractivity contribution in [2.45, 2.75) is 38.1 Å². The van der Waals surface area contributed by atoms with E-state index >= 15 is 0 Å². The van der Waals surface area contributed by atoms with Gasteiger partial charge in [-0.1, -0.05) is 55.3 Å². The number of aliphatic hydroxyl groups excluding tert-OH is 1. The predicted molar refractivity (Wildman–Crippen MR) is 70.6 cm³/mol. The summed E-state index contributed by atoms with van der Waals surface area (Å²) in [5.41, 5.74) is 3.93. The van der Waals surface area contributed by atoms with E-state index in [0.717, 1.165) is 18.4 Å². The Hall–Kier alpha value is -1.66. The van der Waals surface area contributed by atoms with E-state index in [4.69, 9.17) is 0 Å². The number of hydrogen-bond donors (Lipinski definition) is 2. The lowest BCUT2D eigenvalue weighted by Crippen LogP contribution is -2.29. The summed E-state index contributed by atoms with van der Waals surface area (Å²) < 4.78 is 0. The molecule has 0 radical (unpaired) electrons. The van der Waals surface area contributed by atoms with Gasteiger partial charge in [-0.25, -0.2) is 0 Å². The van der Waals surface area contributed by atoms with Crippen LogP contribution < -0.4 is 5.32 Å². The third-order valence-electron chi connectivity index (χ3n) is 3.12. The average Bonchev–Trinajstić information content (AvgIpc) is 2.39. The summed E-state index contributed by atoms with van der Waals surface area (Å²) in [5.74, 6) is 0.153. The van der Waals surface area contributed by atoms with Crippen molar-refractivity contribution >= 4 is 6.08 Å². The van der Waals surface area contributed by atoms with E-state index in [0.29, 0.717) is 6.04 Å². The second-order valence-electron chi connectivity index (χ2n) is 4.53. The minimum Gasteiger partial charge on any atom is -0.489 e. The van der Waals surface area contributed by atoms with E-state index in [1.807, 2.05) is 30.3 Å². The fourth-order valence-corrected chi connectivity index (χ4v) is 2.18. The maximum absolute atomic E-state index is 9.73. The molecule has 1 aliphatic rings. The maximum Gasteiger partial charge on any atom is 0.231 e. The summed E-state index contributed by atoms with van der Waals surface area (Å²) in [5, 5.41) is 12.8. The van der Waals surface area contributed by atoms with Crippen LogP contribution in [0.15, 0.2) is 41.9 Å². The number of aliphatic hydroxyl groups is 1. The van der Waals surface area contributed by atoms with Crippen molar-refractivity contribution in [1.29, 1.82) is 0 Å². The first-order valence-corrected chi connectivity index (χ1v) is 6.32. The first kappa shape index (κ1) is 11.8. The van der Waals surface area contributed by atoms with Gasteiger partial charge in [0, 0.05) is 6.04 Å². The fourth-order valence-electron chi connectivity index (χ4n) is 2.18. The average molecular weight is 229 g/mol. The Morgan fingerprint density at radius 1 is 1.18 bits per heavy atom. The summed E-state index contributed by atoms with van der Waals surface area (Å²) in [6.45, 7) is 0. The Balaban J connectivity index is 1.94. The van der Waals surface area contributed by atoms with Crippen LogP contribution in [-0.2, 0) is 0 Å². The van der Waals surface area contributed by atoms with Crippen LogP contribution in [0.25, 0.3) is 6.08 Å². The number of hydrogen-bond acceptors (Lipinski definition) is 2. The highest BCUT2D eigenvalue weighted by Crippen LogP contribution is 2.17. The van der Waals surface area contributed by atoms with Gasteiger partial charge >= 0.3 is 0 Å². The number of rotatable bonds is 3. The lowest BCUT2D eigenvalue weighted by Gasteiger charge is -2.22. The highest BCUT2D eigenvalue weighted by Gasteiger charge is 2.12. The molecule has 1 aliphatic carbocycles. The van der Waals surface area contributed by atoms with Gasteiger partial charge < -0.3 is 10.4 Å². The highest BCUT2D eigenvalue weighted by atomic mass is 16.3. The standard InChI is InChI=1S/C15H19NO/c17-15(16-14-9-5-2-6-10-14)12-11-13-7-3-1-4-8-13/h1,3-4,7-8,11,14,16-17H,2,5-6,9-10H2. The summed E-state index contributed by atoms with van der Waals surface area (Å²) in [6, 6.07) is 10.3. The van der Waals surface area contributed by atoms with Crippen LogP contribution in [0.5, 0.6) is 0 Å². The molecule has 2 rings (SSSR count). The lowest BCUT2D eigenvalue weighted by molar-refractivity contribution is 0.305. The molecule has 1 fully saturated rings. The first-order valence-electron chi connectivity index (χ1n) is 6.32. The molecule has 90 valence electrons. The third-order valence-corrected chi connectivity index (χ3v) is 3.12. The van der Waals surface area contributed by atoms with Gasteiger partial charge in [0.1, 0.15) is 0 Å². The highest BCUT2D eigenvalue weighted by molar-refractivity contribution is 5.48. The normalized spacial score (nSPS) is 16.0. The first-order chi connectivity index (χ1) is 8.34. The van der Waals surface area contributed by atoms with Crippen LogP contribution in [0.2, 0.25) is 0 Å². The Bertz CT molecular complexity index is 398. The van der Waals surface area contributed by atoms with Gasteiger partial charge in [-0.15, -0.1) is 0 Å². The summed E-state index contributed by atoms with van der Waals surface area (Å²) in [6.07, 6.45) is 7.93. The summed E-state index contributed by atoms with van der Waals surface area (Å²) in [4.78, 5) is 0. The lowest BCUT2D eigenvalue weighted by atomic mass is 9.96. The molecule has 2 nitrogen and oxygen atoms in total. The van der Waals surface area contributed by atoms with Crippen LogP contribution >= 0.6 is 0 Å². The largest absolute Gasteiger partial charge is 0.489 e. The molecule has 0 spiro atoms. The second-order valence-corrected chi connectivity index (χ2v) is 4.53. The Kier molecular flexibility index (Phi) is 4.29. The van der Waals surface area contributed by atoms with Crippen molar-refractivity contribution in [3.63, 3.8) is 0 Å². The van der Waals surface area contributed by atoms with E-state index in [9.17, 15) is 5.11 Å². The number of benzene rings is 1. The van der Waals surface area contributed by atoms with Crippen LogP contribution in [-0.4, -0.2) is 11.1 Å². The van der Waals surface area contributed by atoms with Gasteiger partial charge in [0.25, 0.3) is 0 Å². The molecule has 0 heterocycles. The fraction of sp³-hybridized carbons (Fsp3) is 0.400. The van der Waals surface area contributed by atoms with Crippen molar-refractivity contribution < 1.29 is 5.11 Å². The molecule has 2 N–H and O–H groups in total. The third kappa shape index (κ3) is 4.01. The Morgan fingerprint density at radius 3 is 2.59 bits per heavy atom. The van der Waals surface area contributed by atoms with E-state index in [1.54, 1.807) is 6.08 Å². The summed E-state index contributed by atoms with van der Waals surface area (Å²) in [7, 11) is 0. The van der Waals surface area contributed by atoms with Crippen LogP contribution in [0.3, 0.4) is 0 Å². The Labute approximate surface area is 103 Å². The minimum atomic E-state index is 0.153. The van der Waals surface area contributed by atoms with Crippen LogP contribution in [0.4, 0.5) is 0 Å². The van der Waals surface area contributed by atoms with Gasteiger partial charge in [-0.05, 0) is 24.5 Å². The Morgan fingerprint density at radius 2 is 1.88 bits per heavy atom. The van der Waals surface area contributed by atoms with Gasteiger partial charge in [0.05, 0.1) is 0 Å². The minimum absolute atomic E-state index is 0.153.